The quantitative estimate of drug-likeness (QED) is 0.740. The zero-order valence-corrected chi connectivity index (χ0v) is 15.5. The van der Waals surface area contributed by atoms with Gasteiger partial charge in [0.15, 0.2) is 0 Å². The number of fused-ring (bicyclic) bond motifs is 1. The number of benzene rings is 2. The SMILES string of the molecule is O=C(Nc1ccc2ccoc2c1)c1ccc(N2CCCCCS2(=O)=O)cc1. The third-order valence-electron chi connectivity index (χ3n) is 4.73. The number of furan rings is 1. The highest BCUT2D eigenvalue weighted by molar-refractivity contribution is 7.92. The Kier molecular flexibility index (Phi) is 4.61. The maximum Gasteiger partial charge on any atom is 0.255 e. The van der Waals surface area contributed by atoms with Crippen LogP contribution in [-0.2, 0) is 10.0 Å². The highest BCUT2D eigenvalue weighted by Crippen LogP contribution is 2.24. The first-order chi connectivity index (χ1) is 13.0. The number of rotatable bonds is 3. The normalized spacial score (nSPS) is 16.8. The number of amides is 1. The first-order valence-corrected chi connectivity index (χ1v) is 10.5. The van der Waals surface area contributed by atoms with Crippen LogP contribution >= 0.6 is 0 Å². The van der Waals surface area contributed by atoms with Crippen LogP contribution in [0.2, 0.25) is 0 Å². The van der Waals surface area contributed by atoms with Gasteiger partial charge in [-0.1, -0.05) is 6.42 Å². The molecule has 1 aromatic heterocycles. The maximum atomic E-state index is 12.5. The van der Waals surface area contributed by atoms with Crippen LogP contribution in [0.15, 0.2) is 59.2 Å². The van der Waals surface area contributed by atoms with Crippen molar-refractivity contribution in [1.82, 2.24) is 0 Å². The monoisotopic (exact) mass is 384 g/mol. The third-order valence-corrected chi connectivity index (χ3v) is 6.60. The Labute approximate surface area is 157 Å². The number of nitrogens with one attached hydrogen (secondary N) is 1. The Bertz CT molecular complexity index is 1070. The molecule has 1 aliphatic heterocycles. The molecule has 0 saturated carbocycles. The van der Waals surface area contributed by atoms with Gasteiger partial charge >= 0.3 is 0 Å². The van der Waals surface area contributed by atoms with E-state index in [4.69, 9.17) is 4.42 Å². The van der Waals surface area contributed by atoms with Crippen LogP contribution in [0.25, 0.3) is 11.0 Å². The van der Waals surface area contributed by atoms with E-state index in [-0.39, 0.29) is 11.7 Å². The summed E-state index contributed by atoms with van der Waals surface area (Å²) < 4.78 is 31.6. The Balaban J connectivity index is 1.51. The van der Waals surface area contributed by atoms with E-state index in [0.717, 1.165) is 18.2 Å². The molecule has 0 radical (unpaired) electrons. The topological polar surface area (TPSA) is 79.6 Å². The molecule has 6 nitrogen and oxygen atoms in total. The number of carbonyl (C=O) groups is 1. The first kappa shape index (κ1) is 17.6. The molecule has 3 aromatic rings. The molecular weight excluding hydrogens is 364 g/mol. The molecule has 1 aliphatic rings. The van der Waals surface area contributed by atoms with E-state index < -0.39 is 10.0 Å². The van der Waals surface area contributed by atoms with Crippen LogP contribution in [0.5, 0.6) is 0 Å². The zero-order valence-electron chi connectivity index (χ0n) is 14.7. The van der Waals surface area contributed by atoms with Crippen molar-refractivity contribution in [2.45, 2.75) is 19.3 Å². The minimum Gasteiger partial charge on any atom is -0.464 e. The van der Waals surface area contributed by atoms with Gasteiger partial charge in [-0.05, 0) is 55.3 Å². The summed E-state index contributed by atoms with van der Waals surface area (Å²) in [6.07, 6.45) is 4.05. The molecule has 1 amide bonds. The van der Waals surface area contributed by atoms with Crippen LogP contribution in [0.4, 0.5) is 11.4 Å². The zero-order chi connectivity index (χ0) is 18.9. The van der Waals surface area contributed by atoms with Crippen LogP contribution in [-0.4, -0.2) is 26.6 Å². The van der Waals surface area contributed by atoms with Crippen molar-refractivity contribution in [3.63, 3.8) is 0 Å². The minimum absolute atomic E-state index is 0.171. The molecule has 27 heavy (non-hydrogen) atoms. The van der Waals surface area contributed by atoms with E-state index >= 15 is 0 Å². The fourth-order valence-electron chi connectivity index (χ4n) is 3.27. The van der Waals surface area contributed by atoms with Gasteiger partial charge in [0.25, 0.3) is 5.91 Å². The summed E-state index contributed by atoms with van der Waals surface area (Å²) in [4.78, 5) is 12.5. The van der Waals surface area contributed by atoms with Crippen LogP contribution < -0.4 is 9.62 Å². The highest BCUT2D eigenvalue weighted by Gasteiger charge is 2.24. The van der Waals surface area contributed by atoms with Crippen molar-refractivity contribution in [3.8, 4) is 0 Å². The molecule has 0 bridgehead atoms. The average molecular weight is 384 g/mol. The number of carbonyl (C=O) groups excluding carboxylic acids is 1. The van der Waals surface area contributed by atoms with Gasteiger partial charge in [-0.2, -0.15) is 0 Å². The lowest BCUT2D eigenvalue weighted by atomic mass is 10.1. The molecule has 0 atom stereocenters. The van der Waals surface area contributed by atoms with E-state index in [1.54, 1.807) is 36.6 Å². The van der Waals surface area contributed by atoms with Crippen molar-refractivity contribution >= 4 is 38.3 Å². The van der Waals surface area contributed by atoms with E-state index in [1.165, 1.54) is 4.31 Å². The van der Waals surface area contributed by atoms with Gasteiger partial charge in [-0.25, -0.2) is 8.42 Å². The second kappa shape index (κ2) is 7.08. The summed E-state index contributed by atoms with van der Waals surface area (Å²) in [5.74, 6) is -0.0870. The van der Waals surface area contributed by atoms with Crippen LogP contribution in [0, 0.1) is 0 Å². The maximum absolute atomic E-state index is 12.5. The summed E-state index contributed by atoms with van der Waals surface area (Å²) in [5.41, 5.74) is 2.41. The molecule has 4 rings (SSSR count). The van der Waals surface area contributed by atoms with Crippen molar-refractivity contribution in [2.75, 3.05) is 21.9 Å². The molecular formula is C20H20N2O4S. The van der Waals surface area contributed by atoms with Gasteiger partial charge in [-0.3, -0.25) is 9.10 Å². The number of sulfonamides is 1. The van der Waals surface area contributed by atoms with E-state index in [0.29, 0.717) is 35.5 Å². The summed E-state index contributed by atoms with van der Waals surface area (Å²) in [6, 6.07) is 14.0. The van der Waals surface area contributed by atoms with Gasteiger partial charge in [0.05, 0.1) is 17.7 Å². The van der Waals surface area contributed by atoms with Gasteiger partial charge in [0.1, 0.15) is 5.58 Å². The summed E-state index contributed by atoms with van der Waals surface area (Å²) in [7, 11) is -3.29. The molecule has 1 fully saturated rings. The van der Waals surface area contributed by atoms with E-state index in [9.17, 15) is 13.2 Å². The lowest BCUT2D eigenvalue weighted by Crippen LogP contribution is -2.32. The molecule has 140 valence electrons. The smallest absolute Gasteiger partial charge is 0.255 e. The van der Waals surface area contributed by atoms with E-state index in [1.807, 2.05) is 18.2 Å². The fourth-order valence-corrected chi connectivity index (χ4v) is 4.91. The van der Waals surface area contributed by atoms with Crippen molar-refractivity contribution in [2.24, 2.45) is 0 Å². The Morgan fingerprint density at radius 3 is 2.63 bits per heavy atom. The molecule has 1 saturated heterocycles. The predicted molar refractivity (Wildman–Crippen MR) is 106 cm³/mol. The number of nitrogens with zero attached hydrogens (tertiary/aromatic N) is 1. The van der Waals surface area contributed by atoms with Crippen molar-refractivity contribution < 1.29 is 17.6 Å². The summed E-state index contributed by atoms with van der Waals surface area (Å²) in [5, 5.41) is 3.80. The fraction of sp³-hybridized carbons (Fsp3) is 0.250. The lowest BCUT2D eigenvalue weighted by Gasteiger charge is -2.22. The first-order valence-electron chi connectivity index (χ1n) is 8.92. The third kappa shape index (κ3) is 3.68. The predicted octanol–water partition coefficient (Wildman–Crippen LogP) is 4.01. The van der Waals surface area contributed by atoms with Gasteiger partial charge in [0, 0.05) is 29.2 Å². The van der Waals surface area contributed by atoms with Gasteiger partial charge < -0.3 is 9.73 Å². The largest absolute Gasteiger partial charge is 0.464 e. The molecule has 2 heterocycles. The lowest BCUT2D eigenvalue weighted by molar-refractivity contribution is 0.102. The average Bonchev–Trinajstić information content (AvgIpc) is 3.04. The number of hydrogen-bond acceptors (Lipinski definition) is 4. The standard InChI is InChI=1S/C20H20N2O4S/c23-20(21-17-7-4-15-10-12-26-19(15)14-17)16-5-8-18(9-6-16)22-11-2-1-3-13-27(22,24)25/h4-10,12,14H,1-3,11,13H2,(H,21,23). The van der Waals surface area contributed by atoms with Crippen molar-refractivity contribution in [3.05, 3.63) is 60.4 Å². The Morgan fingerprint density at radius 1 is 1.00 bits per heavy atom. The van der Waals surface area contributed by atoms with Gasteiger partial charge in [0.2, 0.25) is 10.0 Å². The number of hydrogen-bond donors (Lipinski definition) is 1. The van der Waals surface area contributed by atoms with Crippen LogP contribution in [0.1, 0.15) is 29.6 Å². The molecule has 7 heteroatoms. The second-order valence-electron chi connectivity index (χ2n) is 6.62. The Morgan fingerprint density at radius 2 is 1.81 bits per heavy atom. The molecule has 2 aromatic carbocycles. The molecule has 0 aliphatic carbocycles. The molecule has 0 unspecified atom stereocenters. The number of anilines is 2. The second-order valence-corrected chi connectivity index (χ2v) is 8.64. The highest BCUT2D eigenvalue weighted by atomic mass is 32.2. The van der Waals surface area contributed by atoms with Crippen LogP contribution in [0.3, 0.4) is 0 Å². The summed E-state index contributed by atoms with van der Waals surface area (Å²) >= 11 is 0. The minimum atomic E-state index is -3.29. The summed E-state index contributed by atoms with van der Waals surface area (Å²) in [6.45, 7) is 0.483. The van der Waals surface area contributed by atoms with Crippen molar-refractivity contribution in [1.29, 1.82) is 0 Å². The van der Waals surface area contributed by atoms with E-state index in [2.05, 4.69) is 5.32 Å². The molecule has 1 N–H and O–H groups in total. The Hall–Kier alpha value is -2.80. The molecule has 0 spiro atoms. The van der Waals surface area contributed by atoms with Gasteiger partial charge in [-0.15, -0.1) is 0 Å².